The van der Waals surface area contributed by atoms with Gasteiger partial charge < -0.3 is 5.32 Å². The Balaban J connectivity index is 2.42. The van der Waals surface area contributed by atoms with Gasteiger partial charge in [-0.3, -0.25) is 4.79 Å². The summed E-state index contributed by atoms with van der Waals surface area (Å²) in [7, 11) is 0. The number of carbonyl (C=O) groups excluding carboxylic acids is 1. The number of thioether (sulfide) groups is 1. The second-order valence-corrected chi connectivity index (χ2v) is 8.32. The molecular weight excluding hydrogens is 383 g/mol. The van der Waals surface area contributed by atoms with Gasteiger partial charge in [-0.15, -0.1) is 11.3 Å². The molecular formula is C17H16F3N3OS2. The number of nitrogens with zero attached hydrogens (tertiary/aromatic N) is 2. The normalized spacial score (nSPS) is 11.9. The largest absolute Gasteiger partial charge is 0.417 e. The number of pyridine rings is 1. The number of hydrogen-bond acceptors (Lipinski definition) is 5. The van der Waals surface area contributed by atoms with Gasteiger partial charge in [0.25, 0.3) is 0 Å². The molecule has 0 aliphatic heterocycles. The maximum atomic E-state index is 13.4. The van der Waals surface area contributed by atoms with Gasteiger partial charge in [0, 0.05) is 5.54 Å². The van der Waals surface area contributed by atoms with E-state index in [1.54, 1.807) is 44.4 Å². The lowest BCUT2D eigenvalue weighted by Crippen LogP contribution is -2.41. The lowest BCUT2D eigenvalue weighted by Gasteiger charge is -2.20. The molecule has 0 saturated heterocycles. The minimum atomic E-state index is -4.69. The third kappa shape index (κ3) is 5.22. The molecule has 1 N–H and O–H groups in total. The van der Waals surface area contributed by atoms with Gasteiger partial charge in [0.2, 0.25) is 5.91 Å². The summed E-state index contributed by atoms with van der Waals surface area (Å²) >= 11 is 2.07. The van der Waals surface area contributed by atoms with Crippen molar-refractivity contribution in [1.29, 1.82) is 5.26 Å². The van der Waals surface area contributed by atoms with Crippen LogP contribution in [0.25, 0.3) is 10.6 Å². The molecule has 138 valence electrons. The Kier molecular flexibility index (Phi) is 5.98. The molecule has 0 radical (unpaired) electrons. The molecule has 0 fully saturated rings. The van der Waals surface area contributed by atoms with E-state index in [0.29, 0.717) is 4.88 Å². The highest BCUT2D eigenvalue weighted by atomic mass is 32.2. The van der Waals surface area contributed by atoms with Crippen LogP contribution in [0.1, 0.15) is 31.9 Å². The summed E-state index contributed by atoms with van der Waals surface area (Å²) in [4.78, 5) is 16.7. The summed E-state index contributed by atoms with van der Waals surface area (Å²) in [6, 6.07) is 5.82. The Labute approximate surface area is 157 Å². The van der Waals surface area contributed by atoms with E-state index in [-0.39, 0.29) is 22.4 Å². The fourth-order valence-electron chi connectivity index (χ4n) is 2.10. The number of nitrogens with one attached hydrogen (secondary N) is 1. The van der Waals surface area contributed by atoms with Crippen LogP contribution >= 0.6 is 23.1 Å². The topological polar surface area (TPSA) is 65.8 Å². The minimum absolute atomic E-state index is 0.102. The molecule has 0 unspecified atom stereocenters. The third-order valence-electron chi connectivity index (χ3n) is 3.03. The van der Waals surface area contributed by atoms with Crippen molar-refractivity contribution in [1.82, 2.24) is 10.3 Å². The smallest absolute Gasteiger partial charge is 0.351 e. The number of amides is 1. The lowest BCUT2D eigenvalue weighted by atomic mass is 10.1. The highest BCUT2D eigenvalue weighted by Gasteiger charge is 2.36. The first-order chi connectivity index (χ1) is 12.0. The summed E-state index contributed by atoms with van der Waals surface area (Å²) in [5.74, 6) is -0.479. The average Bonchev–Trinajstić information content (AvgIpc) is 3.03. The van der Waals surface area contributed by atoms with Crippen molar-refractivity contribution < 1.29 is 18.0 Å². The molecule has 1 amide bonds. The predicted octanol–water partition coefficient (Wildman–Crippen LogP) is 4.71. The van der Waals surface area contributed by atoms with E-state index in [0.717, 1.165) is 17.8 Å². The Morgan fingerprint density at radius 3 is 2.58 bits per heavy atom. The quantitative estimate of drug-likeness (QED) is 0.757. The Morgan fingerprint density at radius 2 is 2.08 bits per heavy atom. The van der Waals surface area contributed by atoms with Gasteiger partial charge in [0.05, 0.1) is 27.5 Å². The monoisotopic (exact) mass is 399 g/mol. The number of rotatable bonds is 4. The molecule has 0 aromatic carbocycles. The molecule has 0 atom stereocenters. The predicted molar refractivity (Wildman–Crippen MR) is 95.9 cm³/mol. The second-order valence-electron chi connectivity index (χ2n) is 6.41. The number of alkyl halides is 3. The van der Waals surface area contributed by atoms with Crippen molar-refractivity contribution in [2.45, 2.75) is 37.5 Å². The number of carbonyl (C=O) groups is 1. The maximum Gasteiger partial charge on any atom is 0.417 e. The fourth-order valence-corrected chi connectivity index (χ4v) is 3.59. The molecule has 9 heteroatoms. The maximum absolute atomic E-state index is 13.4. The Morgan fingerprint density at radius 1 is 1.38 bits per heavy atom. The first-order valence-electron chi connectivity index (χ1n) is 7.51. The summed E-state index contributed by atoms with van der Waals surface area (Å²) in [6.07, 6.45) is -4.69. The zero-order valence-electron chi connectivity index (χ0n) is 14.3. The van der Waals surface area contributed by atoms with Crippen molar-refractivity contribution in [3.8, 4) is 16.6 Å². The van der Waals surface area contributed by atoms with E-state index >= 15 is 0 Å². The summed E-state index contributed by atoms with van der Waals surface area (Å²) in [5, 5.41) is 13.6. The van der Waals surface area contributed by atoms with Crippen LogP contribution in [0.5, 0.6) is 0 Å². The zero-order valence-corrected chi connectivity index (χ0v) is 15.9. The van der Waals surface area contributed by atoms with Crippen molar-refractivity contribution in [3.05, 3.63) is 34.7 Å². The van der Waals surface area contributed by atoms with Gasteiger partial charge in [-0.05, 0) is 38.3 Å². The first kappa shape index (κ1) is 20.3. The molecule has 2 heterocycles. The van der Waals surface area contributed by atoms with Crippen molar-refractivity contribution in [2.75, 3.05) is 5.75 Å². The number of aromatic nitrogens is 1. The third-order valence-corrected chi connectivity index (χ3v) is 4.90. The van der Waals surface area contributed by atoms with Gasteiger partial charge >= 0.3 is 6.18 Å². The molecule has 2 aromatic rings. The number of hydrogen-bond donors (Lipinski definition) is 1. The van der Waals surface area contributed by atoms with E-state index in [2.05, 4.69) is 10.3 Å². The summed E-state index contributed by atoms with van der Waals surface area (Å²) in [6.45, 7) is 5.40. The van der Waals surface area contributed by atoms with Crippen LogP contribution < -0.4 is 5.32 Å². The number of halogens is 3. The van der Waals surface area contributed by atoms with Crippen molar-refractivity contribution >= 4 is 29.0 Å². The minimum Gasteiger partial charge on any atom is -0.351 e. The van der Waals surface area contributed by atoms with E-state index in [4.69, 9.17) is 0 Å². The number of nitriles is 1. The Hall–Kier alpha value is -2.05. The highest BCUT2D eigenvalue weighted by molar-refractivity contribution is 8.00. The molecule has 0 aliphatic carbocycles. The van der Waals surface area contributed by atoms with Crippen LogP contribution in [-0.2, 0) is 11.0 Å². The van der Waals surface area contributed by atoms with Crippen LogP contribution in [-0.4, -0.2) is 22.2 Å². The molecule has 26 heavy (non-hydrogen) atoms. The van der Waals surface area contributed by atoms with Crippen LogP contribution in [0.2, 0.25) is 0 Å². The molecule has 0 bridgehead atoms. The van der Waals surface area contributed by atoms with Crippen LogP contribution in [0.4, 0.5) is 13.2 Å². The molecule has 4 nitrogen and oxygen atoms in total. The molecule has 0 saturated carbocycles. The molecule has 2 aromatic heterocycles. The van der Waals surface area contributed by atoms with Gasteiger partial charge in [-0.1, -0.05) is 17.8 Å². The van der Waals surface area contributed by atoms with E-state index in [9.17, 15) is 23.2 Å². The number of thiophene rings is 1. The summed E-state index contributed by atoms with van der Waals surface area (Å²) in [5.41, 5.74) is -1.94. The van der Waals surface area contributed by atoms with Gasteiger partial charge in [0.1, 0.15) is 11.1 Å². The first-order valence-corrected chi connectivity index (χ1v) is 9.38. The highest BCUT2D eigenvalue weighted by Crippen LogP contribution is 2.38. The van der Waals surface area contributed by atoms with Gasteiger partial charge in [0.15, 0.2) is 0 Å². The van der Waals surface area contributed by atoms with Crippen LogP contribution in [0, 0.1) is 11.3 Å². The standard InChI is InChI=1S/C17H16F3N3OS2/c1-16(2,3)23-14(24)9-26-15-10(8-21)11(17(18,19)20)7-12(22-15)13-5-4-6-25-13/h4-7H,9H2,1-3H3,(H,23,24). The lowest BCUT2D eigenvalue weighted by molar-refractivity contribution is -0.138. The second kappa shape index (κ2) is 7.68. The van der Waals surface area contributed by atoms with Crippen LogP contribution in [0.15, 0.2) is 28.6 Å². The van der Waals surface area contributed by atoms with Gasteiger partial charge in [-0.2, -0.15) is 18.4 Å². The van der Waals surface area contributed by atoms with E-state index in [1.165, 1.54) is 11.3 Å². The molecule has 2 rings (SSSR count). The van der Waals surface area contributed by atoms with E-state index in [1.807, 2.05) is 0 Å². The summed E-state index contributed by atoms with van der Waals surface area (Å²) < 4.78 is 40.2. The van der Waals surface area contributed by atoms with Gasteiger partial charge in [-0.25, -0.2) is 4.98 Å². The fraction of sp³-hybridized carbons (Fsp3) is 0.353. The van der Waals surface area contributed by atoms with E-state index < -0.39 is 22.8 Å². The average molecular weight is 399 g/mol. The van der Waals surface area contributed by atoms with Crippen molar-refractivity contribution in [2.24, 2.45) is 0 Å². The molecule has 0 aliphatic rings. The van der Waals surface area contributed by atoms with Crippen LogP contribution in [0.3, 0.4) is 0 Å². The molecule has 0 spiro atoms. The zero-order chi connectivity index (χ0) is 19.5. The van der Waals surface area contributed by atoms with Crippen molar-refractivity contribution in [3.63, 3.8) is 0 Å². The Bertz CT molecular complexity index is 835. The SMILES string of the molecule is CC(C)(C)NC(=O)CSc1nc(-c2cccs2)cc(C(F)(F)F)c1C#N.